The predicted molar refractivity (Wildman–Crippen MR) is 44.5 cm³/mol. The number of hydrogen-bond donors (Lipinski definition) is 1. The minimum Gasteiger partial charge on any atom is -0.364 e. The van der Waals surface area contributed by atoms with E-state index in [2.05, 4.69) is 5.73 Å². The fraction of sp³-hybridized carbons (Fsp3) is 0.125. The van der Waals surface area contributed by atoms with Gasteiger partial charge in [0.25, 0.3) is 5.91 Å². The van der Waals surface area contributed by atoms with Crippen LogP contribution in [0.1, 0.15) is 5.56 Å². The first kappa shape index (κ1) is 10.8. The predicted octanol–water partition coefficient (Wildman–Crippen LogP) is 2.06. The summed E-state index contributed by atoms with van der Waals surface area (Å²) in [4.78, 5) is 10.3. The van der Waals surface area contributed by atoms with Gasteiger partial charge in [0.2, 0.25) is 0 Å². The summed E-state index contributed by atoms with van der Waals surface area (Å²) in [5.74, 6) is -7.19. The van der Waals surface area contributed by atoms with Crippen LogP contribution in [-0.4, -0.2) is 5.91 Å². The van der Waals surface area contributed by atoms with Gasteiger partial charge >= 0.3 is 5.92 Å². The molecule has 0 radical (unpaired) electrons. The van der Waals surface area contributed by atoms with Gasteiger partial charge in [0, 0.05) is 5.02 Å². The fourth-order valence-electron chi connectivity index (χ4n) is 0.871. The van der Waals surface area contributed by atoms with Gasteiger partial charge in [-0.2, -0.15) is 8.78 Å². The van der Waals surface area contributed by atoms with Crippen LogP contribution in [0.25, 0.3) is 0 Å². The molecule has 0 unspecified atom stereocenters. The highest BCUT2D eigenvalue weighted by Crippen LogP contribution is 2.31. The summed E-state index contributed by atoms with van der Waals surface area (Å²) in [6.45, 7) is 0. The third-order valence-corrected chi connectivity index (χ3v) is 1.81. The third-order valence-electron chi connectivity index (χ3n) is 1.58. The van der Waals surface area contributed by atoms with Crippen molar-refractivity contribution in [2.45, 2.75) is 5.92 Å². The summed E-state index contributed by atoms with van der Waals surface area (Å²) >= 11 is 5.38. The van der Waals surface area contributed by atoms with Crippen molar-refractivity contribution in [2.24, 2.45) is 5.73 Å². The van der Waals surface area contributed by atoms with Crippen LogP contribution in [0.3, 0.4) is 0 Å². The third kappa shape index (κ3) is 1.82. The summed E-state index contributed by atoms with van der Waals surface area (Å²) < 4.78 is 38.8. The lowest BCUT2D eigenvalue weighted by Crippen LogP contribution is -2.33. The molecule has 0 aliphatic rings. The Labute approximate surface area is 82.5 Å². The normalized spacial score (nSPS) is 11.4. The monoisotopic (exact) mass is 223 g/mol. The van der Waals surface area contributed by atoms with Crippen molar-refractivity contribution in [3.05, 3.63) is 34.6 Å². The minimum absolute atomic E-state index is 0.0951. The summed E-state index contributed by atoms with van der Waals surface area (Å²) in [5.41, 5.74) is 3.31. The van der Waals surface area contributed by atoms with Gasteiger partial charge in [-0.15, -0.1) is 0 Å². The first-order valence-corrected chi connectivity index (χ1v) is 3.86. The van der Waals surface area contributed by atoms with E-state index in [0.29, 0.717) is 6.07 Å². The summed E-state index contributed by atoms with van der Waals surface area (Å²) in [6.07, 6.45) is 0. The molecular weight excluding hydrogens is 219 g/mol. The highest BCUT2D eigenvalue weighted by molar-refractivity contribution is 6.30. The molecule has 6 heteroatoms. The van der Waals surface area contributed by atoms with Gasteiger partial charge in [-0.3, -0.25) is 4.79 Å². The lowest BCUT2D eigenvalue weighted by Gasteiger charge is -2.13. The van der Waals surface area contributed by atoms with Crippen LogP contribution in [0, 0.1) is 5.82 Å². The molecule has 2 N–H and O–H groups in total. The zero-order valence-corrected chi connectivity index (χ0v) is 7.49. The number of rotatable bonds is 2. The second-order valence-electron chi connectivity index (χ2n) is 2.56. The SMILES string of the molecule is NC(=O)C(F)(F)c1cc(Cl)ccc1F. The van der Waals surface area contributed by atoms with E-state index >= 15 is 0 Å². The van der Waals surface area contributed by atoms with Crippen molar-refractivity contribution in [1.82, 2.24) is 0 Å². The Kier molecular flexibility index (Phi) is 2.71. The van der Waals surface area contributed by atoms with E-state index < -0.39 is 23.2 Å². The van der Waals surface area contributed by atoms with Crippen LogP contribution in [0.4, 0.5) is 13.2 Å². The average molecular weight is 224 g/mol. The summed E-state index contributed by atoms with van der Waals surface area (Å²) in [5, 5.41) is -0.0951. The number of primary amides is 1. The highest BCUT2D eigenvalue weighted by Gasteiger charge is 2.41. The lowest BCUT2D eigenvalue weighted by molar-refractivity contribution is -0.143. The number of alkyl halides is 2. The van der Waals surface area contributed by atoms with E-state index in [1.54, 1.807) is 0 Å². The minimum atomic E-state index is -4.05. The Hall–Kier alpha value is -1.23. The van der Waals surface area contributed by atoms with Gasteiger partial charge in [0.1, 0.15) is 5.82 Å². The van der Waals surface area contributed by atoms with Crippen molar-refractivity contribution in [1.29, 1.82) is 0 Å². The number of amides is 1. The molecule has 0 atom stereocenters. The highest BCUT2D eigenvalue weighted by atomic mass is 35.5. The Bertz CT molecular complexity index is 381. The van der Waals surface area contributed by atoms with Gasteiger partial charge in [0.05, 0.1) is 5.56 Å². The lowest BCUT2D eigenvalue weighted by atomic mass is 10.1. The van der Waals surface area contributed by atoms with Crippen LogP contribution in [-0.2, 0) is 10.7 Å². The molecule has 0 aromatic heterocycles. The van der Waals surface area contributed by atoms with Crippen LogP contribution >= 0.6 is 11.6 Å². The van der Waals surface area contributed by atoms with Crippen LogP contribution < -0.4 is 5.73 Å². The number of halogens is 4. The van der Waals surface area contributed by atoms with Crippen molar-refractivity contribution in [3.63, 3.8) is 0 Å². The molecule has 1 aromatic rings. The second kappa shape index (κ2) is 3.49. The Morgan fingerprint density at radius 2 is 2.00 bits per heavy atom. The topological polar surface area (TPSA) is 43.1 Å². The Morgan fingerprint density at radius 3 is 2.50 bits per heavy atom. The van der Waals surface area contributed by atoms with Crippen LogP contribution in [0.15, 0.2) is 18.2 Å². The van der Waals surface area contributed by atoms with E-state index in [9.17, 15) is 18.0 Å². The molecule has 14 heavy (non-hydrogen) atoms. The van der Waals surface area contributed by atoms with Gasteiger partial charge in [-0.05, 0) is 18.2 Å². The maximum Gasteiger partial charge on any atom is 0.352 e. The molecule has 0 aliphatic heterocycles. The van der Waals surface area contributed by atoms with Crippen LogP contribution in [0.5, 0.6) is 0 Å². The van der Waals surface area contributed by atoms with Gasteiger partial charge < -0.3 is 5.73 Å². The van der Waals surface area contributed by atoms with Crippen LogP contribution in [0.2, 0.25) is 5.02 Å². The van der Waals surface area contributed by atoms with Gasteiger partial charge in [0.15, 0.2) is 0 Å². The second-order valence-corrected chi connectivity index (χ2v) is 3.00. The zero-order chi connectivity index (χ0) is 10.9. The maximum atomic E-state index is 12.9. The first-order valence-electron chi connectivity index (χ1n) is 3.49. The number of benzene rings is 1. The molecule has 0 saturated carbocycles. The molecule has 1 aromatic carbocycles. The molecule has 0 bridgehead atoms. The maximum absolute atomic E-state index is 12.9. The molecule has 76 valence electrons. The molecule has 0 heterocycles. The van der Waals surface area contributed by atoms with E-state index in [1.807, 2.05) is 0 Å². The fourth-order valence-corrected chi connectivity index (χ4v) is 1.04. The van der Waals surface area contributed by atoms with E-state index in [-0.39, 0.29) is 5.02 Å². The number of carbonyl (C=O) groups excluding carboxylic acids is 1. The molecule has 0 aliphatic carbocycles. The van der Waals surface area contributed by atoms with Crippen molar-refractivity contribution >= 4 is 17.5 Å². The molecule has 1 rings (SSSR count). The Balaban J connectivity index is 3.31. The molecule has 0 saturated heterocycles. The molecule has 0 fully saturated rings. The molecular formula is C8H5ClF3NO. The summed E-state index contributed by atoms with van der Waals surface area (Å²) in [7, 11) is 0. The van der Waals surface area contributed by atoms with E-state index in [4.69, 9.17) is 11.6 Å². The Morgan fingerprint density at radius 1 is 1.43 bits per heavy atom. The summed E-state index contributed by atoms with van der Waals surface area (Å²) in [6, 6.07) is 2.51. The van der Waals surface area contributed by atoms with Gasteiger partial charge in [-0.25, -0.2) is 4.39 Å². The number of carbonyl (C=O) groups is 1. The molecule has 2 nitrogen and oxygen atoms in total. The first-order chi connectivity index (χ1) is 6.35. The number of nitrogens with two attached hydrogens (primary N) is 1. The largest absolute Gasteiger partial charge is 0.364 e. The van der Waals surface area contributed by atoms with E-state index in [1.165, 1.54) is 0 Å². The average Bonchev–Trinajstić information content (AvgIpc) is 2.08. The molecule has 1 amide bonds. The van der Waals surface area contributed by atoms with E-state index in [0.717, 1.165) is 12.1 Å². The van der Waals surface area contributed by atoms with Crippen molar-refractivity contribution < 1.29 is 18.0 Å². The smallest absolute Gasteiger partial charge is 0.352 e. The van der Waals surface area contributed by atoms with Crippen molar-refractivity contribution in [2.75, 3.05) is 0 Å². The van der Waals surface area contributed by atoms with Crippen molar-refractivity contribution in [3.8, 4) is 0 Å². The van der Waals surface area contributed by atoms with Gasteiger partial charge in [-0.1, -0.05) is 11.6 Å². The quantitative estimate of drug-likeness (QED) is 0.819. The molecule has 0 spiro atoms. The standard InChI is InChI=1S/C8H5ClF3NO/c9-4-1-2-6(10)5(3-4)8(11,12)7(13)14/h1-3H,(H2,13,14). The zero-order valence-electron chi connectivity index (χ0n) is 6.73. The number of hydrogen-bond acceptors (Lipinski definition) is 1.